The van der Waals surface area contributed by atoms with Crippen molar-refractivity contribution < 1.29 is 17.6 Å². The van der Waals surface area contributed by atoms with Gasteiger partial charge >= 0.3 is 0 Å². The minimum absolute atomic E-state index is 0.0215. The van der Waals surface area contributed by atoms with Crippen LogP contribution in [0.3, 0.4) is 0 Å². The molecule has 0 spiro atoms. The lowest BCUT2D eigenvalue weighted by Crippen LogP contribution is -2.28. The fraction of sp³-hybridized carbons (Fsp3) is 0.462. The molecule has 110 valence electrons. The quantitative estimate of drug-likeness (QED) is 0.817. The van der Waals surface area contributed by atoms with E-state index in [0.29, 0.717) is 6.54 Å². The molecule has 1 amide bonds. The molecule has 1 fully saturated rings. The van der Waals surface area contributed by atoms with Gasteiger partial charge in [-0.2, -0.15) is 0 Å². The van der Waals surface area contributed by atoms with E-state index in [4.69, 9.17) is 0 Å². The van der Waals surface area contributed by atoms with E-state index in [1.54, 1.807) is 0 Å². The maximum Gasteiger partial charge on any atom is 0.229 e. The highest BCUT2D eigenvalue weighted by Gasteiger charge is 2.30. The normalized spacial score (nSPS) is 22.8. The van der Waals surface area contributed by atoms with Gasteiger partial charge in [-0.15, -0.1) is 0 Å². The van der Waals surface area contributed by atoms with E-state index in [1.165, 1.54) is 6.07 Å². The number of halogens is 1. The highest BCUT2D eigenvalue weighted by Crippen LogP contribution is 2.22. The van der Waals surface area contributed by atoms with Crippen LogP contribution < -0.4 is 10.6 Å². The zero-order valence-corrected chi connectivity index (χ0v) is 12.1. The second kappa shape index (κ2) is 5.49. The molecule has 0 aromatic heterocycles. The van der Waals surface area contributed by atoms with Crippen molar-refractivity contribution in [2.75, 3.05) is 24.7 Å². The minimum atomic E-state index is -3.44. The maximum absolute atomic E-state index is 13.7. The van der Waals surface area contributed by atoms with Crippen LogP contribution in [0.25, 0.3) is 0 Å². The van der Waals surface area contributed by atoms with Gasteiger partial charge in [0, 0.05) is 12.8 Å². The molecule has 0 aliphatic carbocycles. The lowest BCUT2D eigenvalue weighted by atomic mass is 9.97. The van der Waals surface area contributed by atoms with Crippen molar-refractivity contribution in [3.05, 3.63) is 24.0 Å². The number of carbonyl (C=O) groups excluding carboxylic acids is 1. The Morgan fingerprint density at radius 3 is 2.65 bits per heavy atom. The van der Waals surface area contributed by atoms with Gasteiger partial charge in [0.2, 0.25) is 5.91 Å². The first-order valence-electron chi connectivity index (χ1n) is 6.30. The fourth-order valence-corrected chi connectivity index (χ4v) is 2.86. The molecule has 20 heavy (non-hydrogen) atoms. The second-order valence-electron chi connectivity index (χ2n) is 5.15. The highest BCUT2D eigenvalue weighted by atomic mass is 32.2. The van der Waals surface area contributed by atoms with Crippen molar-refractivity contribution in [2.24, 2.45) is 11.8 Å². The fourth-order valence-electron chi connectivity index (χ4n) is 2.22. The van der Waals surface area contributed by atoms with Crippen LogP contribution in [0.5, 0.6) is 0 Å². The summed E-state index contributed by atoms with van der Waals surface area (Å²) in [5.41, 5.74) is -0.1000. The number of carbonyl (C=O) groups is 1. The molecular formula is C13H17FN2O3S. The summed E-state index contributed by atoms with van der Waals surface area (Å²) in [7, 11) is -3.44. The number of sulfone groups is 1. The number of hydrogen-bond acceptors (Lipinski definition) is 4. The van der Waals surface area contributed by atoms with Crippen LogP contribution in [-0.4, -0.2) is 33.7 Å². The molecule has 2 atom stereocenters. The third-order valence-corrected chi connectivity index (χ3v) is 4.59. The zero-order chi connectivity index (χ0) is 14.9. The van der Waals surface area contributed by atoms with E-state index in [0.717, 1.165) is 24.9 Å². The molecule has 2 rings (SSSR count). The Morgan fingerprint density at radius 2 is 2.10 bits per heavy atom. The molecule has 1 aliphatic heterocycles. The third kappa shape index (κ3) is 3.16. The molecule has 0 bridgehead atoms. The van der Waals surface area contributed by atoms with Crippen LogP contribution in [-0.2, 0) is 14.6 Å². The Labute approximate surface area is 117 Å². The Kier molecular flexibility index (Phi) is 4.10. The van der Waals surface area contributed by atoms with Crippen LogP contribution >= 0.6 is 0 Å². The number of rotatable bonds is 3. The minimum Gasteiger partial charge on any atom is -0.323 e. The molecule has 2 unspecified atom stereocenters. The molecule has 0 saturated carbocycles. The van der Waals surface area contributed by atoms with Crippen molar-refractivity contribution in [3.63, 3.8) is 0 Å². The molecular weight excluding hydrogens is 283 g/mol. The average molecular weight is 300 g/mol. The van der Waals surface area contributed by atoms with Crippen LogP contribution in [0.4, 0.5) is 10.1 Å². The SMILES string of the molecule is CC1CNCC1C(=O)Nc1cc(S(C)(=O)=O)ccc1F. The number of anilines is 1. The van der Waals surface area contributed by atoms with E-state index in [2.05, 4.69) is 10.6 Å². The van der Waals surface area contributed by atoms with Gasteiger partial charge < -0.3 is 10.6 Å². The highest BCUT2D eigenvalue weighted by molar-refractivity contribution is 7.90. The van der Waals surface area contributed by atoms with Crippen molar-refractivity contribution in [1.82, 2.24) is 5.32 Å². The summed E-state index contributed by atoms with van der Waals surface area (Å²) in [5, 5.41) is 5.57. The van der Waals surface area contributed by atoms with E-state index >= 15 is 0 Å². The molecule has 0 radical (unpaired) electrons. The Bertz CT molecular complexity index is 631. The van der Waals surface area contributed by atoms with Crippen molar-refractivity contribution in [2.45, 2.75) is 11.8 Å². The van der Waals surface area contributed by atoms with Gasteiger partial charge in [0.25, 0.3) is 0 Å². The van der Waals surface area contributed by atoms with E-state index in [-0.39, 0.29) is 28.3 Å². The molecule has 1 aromatic carbocycles. The molecule has 7 heteroatoms. The largest absolute Gasteiger partial charge is 0.323 e. The van der Waals surface area contributed by atoms with E-state index in [9.17, 15) is 17.6 Å². The molecule has 2 N–H and O–H groups in total. The lowest BCUT2D eigenvalue weighted by Gasteiger charge is -2.15. The maximum atomic E-state index is 13.7. The summed E-state index contributed by atoms with van der Waals surface area (Å²) in [6.45, 7) is 3.22. The van der Waals surface area contributed by atoms with E-state index in [1.807, 2.05) is 6.92 Å². The number of benzene rings is 1. The van der Waals surface area contributed by atoms with Gasteiger partial charge in [0.15, 0.2) is 9.84 Å². The van der Waals surface area contributed by atoms with Gasteiger partial charge in [-0.05, 0) is 30.7 Å². The van der Waals surface area contributed by atoms with E-state index < -0.39 is 15.7 Å². The first-order chi connectivity index (χ1) is 9.29. The molecule has 1 aliphatic rings. The predicted molar refractivity (Wildman–Crippen MR) is 73.7 cm³/mol. The lowest BCUT2D eigenvalue weighted by molar-refractivity contribution is -0.120. The van der Waals surface area contributed by atoms with Gasteiger partial charge in [0.1, 0.15) is 5.82 Å². The van der Waals surface area contributed by atoms with Crippen molar-refractivity contribution in [1.29, 1.82) is 0 Å². The second-order valence-corrected chi connectivity index (χ2v) is 7.16. The summed E-state index contributed by atoms with van der Waals surface area (Å²) >= 11 is 0. The average Bonchev–Trinajstić information content (AvgIpc) is 2.77. The Morgan fingerprint density at radius 1 is 1.40 bits per heavy atom. The van der Waals surface area contributed by atoms with Gasteiger partial charge in [-0.3, -0.25) is 4.79 Å². The summed E-state index contributed by atoms with van der Waals surface area (Å²) in [6, 6.07) is 3.37. The van der Waals surface area contributed by atoms with Crippen LogP contribution in [0.15, 0.2) is 23.1 Å². The first-order valence-corrected chi connectivity index (χ1v) is 8.19. The summed E-state index contributed by atoms with van der Waals surface area (Å²) in [6.07, 6.45) is 1.04. The smallest absolute Gasteiger partial charge is 0.229 e. The molecule has 1 saturated heterocycles. The van der Waals surface area contributed by atoms with Crippen molar-refractivity contribution in [3.8, 4) is 0 Å². The number of hydrogen-bond donors (Lipinski definition) is 2. The summed E-state index contributed by atoms with van der Waals surface area (Å²) in [5.74, 6) is -1.02. The monoisotopic (exact) mass is 300 g/mol. The molecule has 1 aromatic rings. The number of nitrogens with one attached hydrogen (secondary N) is 2. The Hall–Kier alpha value is -1.47. The van der Waals surface area contributed by atoms with Crippen molar-refractivity contribution >= 4 is 21.4 Å². The predicted octanol–water partition coefficient (Wildman–Crippen LogP) is 1.02. The topological polar surface area (TPSA) is 75.3 Å². The molecule has 5 nitrogen and oxygen atoms in total. The van der Waals surface area contributed by atoms with Gasteiger partial charge in [-0.25, -0.2) is 12.8 Å². The standard InChI is InChI=1S/C13H17FN2O3S/c1-8-6-15-7-10(8)13(17)16-12-5-9(20(2,18)19)3-4-11(12)14/h3-5,8,10,15H,6-7H2,1-2H3,(H,16,17). The zero-order valence-electron chi connectivity index (χ0n) is 11.3. The summed E-state index contributed by atoms with van der Waals surface area (Å²) in [4.78, 5) is 12.0. The number of amides is 1. The molecule has 1 heterocycles. The van der Waals surface area contributed by atoms with Crippen LogP contribution in [0.2, 0.25) is 0 Å². The van der Waals surface area contributed by atoms with Crippen LogP contribution in [0, 0.1) is 17.7 Å². The first kappa shape index (κ1) is 14.9. The third-order valence-electron chi connectivity index (χ3n) is 3.48. The van der Waals surface area contributed by atoms with Gasteiger partial charge in [0.05, 0.1) is 16.5 Å². The van der Waals surface area contributed by atoms with Crippen LogP contribution in [0.1, 0.15) is 6.92 Å². The summed E-state index contributed by atoms with van der Waals surface area (Å²) < 4.78 is 36.6. The van der Waals surface area contributed by atoms with Gasteiger partial charge in [-0.1, -0.05) is 6.92 Å². The Balaban J connectivity index is 2.22.